The van der Waals surface area contributed by atoms with Crippen molar-refractivity contribution in [2.24, 2.45) is 0 Å². The highest BCUT2D eigenvalue weighted by Crippen LogP contribution is 2.29. The minimum Gasteiger partial charge on any atom is -0.426 e. The summed E-state index contributed by atoms with van der Waals surface area (Å²) < 4.78 is 5.56. The zero-order valence-corrected chi connectivity index (χ0v) is 12.1. The number of hydrogen-bond donors (Lipinski definition) is 0. The predicted octanol–water partition coefficient (Wildman–Crippen LogP) is 4.50. The molecule has 0 unspecified atom stereocenters. The molecule has 0 amide bonds. The molecule has 0 aliphatic rings. The molecule has 0 N–H and O–H groups in total. The molecular weight excluding hydrogens is 272 g/mol. The van der Waals surface area contributed by atoms with Crippen LogP contribution in [0.1, 0.15) is 5.56 Å². The van der Waals surface area contributed by atoms with Gasteiger partial charge in [0.25, 0.3) is 0 Å². The van der Waals surface area contributed by atoms with Crippen molar-refractivity contribution in [1.82, 2.24) is 0 Å². The molecule has 108 valence electrons. The van der Waals surface area contributed by atoms with E-state index in [4.69, 9.17) is 4.74 Å². The summed E-state index contributed by atoms with van der Waals surface area (Å²) >= 11 is 0. The second-order valence-electron chi connectivity index (χ2n) is 5.00. The number of carbonyl (C=O) groups is 1. The molecule has 0 saturated carbocycles. The number of rotatable bonds is 4. The van der Waals surface area contributed by atoms with Crippen LogP contribution >= 0.6 is 0 Å². The summed E-state index contributed by atoms with van der Waals surface area (Å²) in [4.78, 5) is 12.1. The standard InChI is InChI=1S/C20H16O2/c21-20(15-16-9-3-1-4-10-16)22-19-14-8-7-13-18(19)17-11-5-2-6-12-17/h1-14H,15H2. The highest BCUT2D eigenvalue weighted by atomic mass is 16.5. The topological polar surface area (TPSA) is 26.3 Å². The van der Waals surface area contributed by atoms with E-state index in [1.165, 1.54) is 0 Å². The van der Waals surface area contributed by atoms with E-state index in [1.807, 2.05) is 84.9 Å². The lowest BCUT2D eigenvalue weighted by molar-refractivity contribution is -0.133. The molecule has 3 aromatic rings. The third-order valence-corrected chi connectivity index (χ3v) is 3.39. The largest absolute Gasteiger partial charge is 0.426 e. The zero-order valence-electron chi connectivity index (χ0n) is 12.1. The monoisotopic (exact) mass is 288 g/mol. The van der Waals surface area contributed by atoms with Crippen molar-refractivity contribution in [3.8, 4) is 16.9 Å². The summed E-state index contributed by atoms with van der Waals surface area (Å²) in [6.45, 7) is 0. The first-order valence-electron chi connectivity index (χ1n) is 7.22. The average molecular weight is 288 g/mol. The summed E-state index contributed by atoms with van der Waals surface area (Å²) in [5, 5.41) is 0. The van der Waals surface area contributed by atoms with Gasteiger partial charge < -0.3 is 4.74 Å². The Bertz CT molecular complexity index is 749. The van der Waals surface area contributed by atoms with Crippen LogP contribution in [0.4, 0.5) is 0 Å². The minimum atomic E-state index is -0.255. The molecule has 2 heteroatoms. The Balaban J connectivity index is 1.80. The first-order valence-corrected chi connectivity index (χ1v) is 7.22. The van der Waals surface area contributed by atoms with Crippen LogP contribution < -0.4 is 4.74 Å². The van der Waals surface area contributed by atoms with Gasteiger partial charge in [-0.2, -0.15) is 0 Å². The Morgan fingerprint density at radius 2 is 1.32 bits per heavy atom. The molecule has 0 heterocycles. The van der Waals surface area contributed by atoms with Gasteiger partial charge in [0.05, 0.1) is 6.42 Å². The molecule has 0 aliphatic heterocycles. The SMILES string of the molecule is O=C(Cc1ccccc1)Oc1ccccc1-c1ccccc1. The van der Waals surface area contributed by atoms with E-state index in [0.717, 1.165) is 16.7 Å². The van der Waals surface area contributed by atoms with E-state index in [9.17, 15) is 4.79 Å². The van der Waals surface area contributed by atoms with Crippen LogP contribution in [-0.4, -0.2) is 5.97 Å². The first kappa shape index (κ1) is 14.1. The van der Waals surface area contributed by atoms with Gasteiger partial charge in [-0.1, -0.05) is 78.9 Å². The number of ether oxygens (including phenoxy) is 1. The fourth-order valence-corrected chi connectivity index (χ4v) is 2.33. The Kier molecular flexibility index (Phi) is 4.30. The Hall–Kier alpha value is -2.87. The number of hydrogen-bond acceptors (Lipinski definition) is 2. The van der Waals surface area contributed by atoms with Crippen molar-refractivity contribution >= 4 is 5.97 Å². The first-order chi connectivity index (χ1) is 10.8. The second kappa shape index (κ2) is 6.72. The van der Waals surface area contributed by atoms with Gasteiger partial charge in [0.2, 0.25) is 0 Å². The molecule has 0 aromatic heterocycles. The van der Waals surface area contributed by atoms with E-state index in [1.54, 1.807) is 0 Å². The molecule has 0 fully saturated rings. The van der Waals surface area contributed by atoms with Crippen molar-refractivity contribution in [1.29, 1.82) is 0 Å². The van der Waals surface area contributed by atoms with Crippen LogP contribution in [-0.2, 0) is 11.2 Å². The molecule has 0 radical (unpaired) electrons. The molecule has 3 rings (SSSR count). The maximum atomic E-state index is 12.1. The molecule has 0 saturated heterocycles. The lowest BCUT2D eigenvalue weighted by atomic mass is 10.0. The molecule has 0 bridgehead atoms. The van der Waals surface area contributed by atoms with Gasteiger partial charge in [0.15, 0.2) is 0 Å². The van der Waals surface area contributed by atoms with Crippen molar-refractivity contribution < 1.29 is 9.53 Å². The van der Waals surface area contributed by atoms with Crippen molar-refractivity contribution in [2.45, 2.75) is 6.42 Å². The smallest absolute Gasteiger partial charge is 0.315 e. The zero-order chi connectivity index (χ0) is 15.2. The van der Waals surface area contributed by atoms with E-state index < -0.39 is 0 Å². The van der Waals surface area contributed by atoms with Gasteiger partial charge in [-0.25, -0.2) is 0 Å². The number of carbonyl (C=O) groups excluding carboxylic acids is 1. The predicted molar refractivity (Wildman–Crippen MR) is 87.7 cm³/mol. The number of para-hydroxylation sites is 1. The second-order valence-corrected chi connectivity index (χ2v) is 5.00. The molecule has 0 atom stereocenters. The summed E-state index contributed by atoms with van der Waals surface area (Å²) in [7, 11) is 0. The van der Waals surface area contributed by atoms with E-state index >= 15 is 0 Å². The molecule has 0 spiro atoms. The highest BCUT2D eigenvalue weighted by Gasteiger charge is 2.10. The van der Waals surface area contributed by atoms with Gasteiger partial charge in [0.1, 0.15) is 5.75 Å². The van der Waals surface area contributed by atoms with E-state index in [2.05, 4.69) is 0 Å². The van der Waals surface area contributed by atoms with Gasteiger partial charge in [0, 0.05) is 5.56 Å². The summed E-state index contributed by atoms with van der Waals surface area (Å²) in [5.74, 6) is 0.337. The van der Waals surface area contributed by atoms with Gasteiger partial charge in [-0.05, 0) is 17.2 Å². The third kappa shape index (κ3) is 3.41. The van der Waals surface area contributed by atoms with Crippen molar-refractivity contribution in [2.75, 3.05) is 0 Å². The number of esters is 1. The quantitative estimate of drug-likeness (QED) is 0.522. The summed E-state index contributed by atoms with van der Waals surface area (Å²) in [6, 6.07) is 27.1. The Labute approximate surface area is 130 Å². The molecular formula is C20H16O2. The Morgan fingerprint density at radius 3 is 2.05 bits per heavy atom. The fourth-order valence-electron chi connectivity index (χ4n) is 2.33. The van der Waals surface area contributed by atoms with E-state index in [-0.39, 0.29) is 12.4 Å². The van der Waals surface area contributed by atoms with Crippen LogP contribution in [0.3, 0.4) is 0 Å². The molecule has 22 heavy (non-hydrogen) atoms. The van der Waals surface area contributed by atoms with Crippen LogP contribution in [0.2, 0.25) is 0 Å². The van der Waals surface area contributed by atoms with Crippen LogP contribution in [0.5, 0.6) is 5.75 Å². The van der Waals surface area contributed by atoms with Crippen molar-refractivity contribution in [3.63, 3.8) is 0 Å². The molecule has 3 aromatic carbocycles. The fraction of sp³-hybridized carbons (Fsp3) is 0.0500. The molecule has 2 nitrogen and oxygen atoms in total. The lowest BCUT2D eigenvalue weighted by Crippen LogP contribution is -2.11. The van der Waals surface area contributed by atoms with Gasteiger partial charge in [-0.3, -0.25) is 4.79 Å². The summed E-state index contributed by atoms with van der Waals surface area (Å²) in [5.41, 5.74) is 2.90. The van der Waals surface area contributed by atoms with Crippen LogP contribution in [0, 0.1) is 0 Å². The van der Waals surface area contributed by atoms with E-state index in [0.29, 0.717) is 5.75 Å². The highest BCUT2D eigenvalue weighted by molar-refractivity contribution is 5.79. The average Bonchev–Trinajstić information content (AvgIpc) is 2.57. The summed E-state index contributed by atoms with van der Waals surface area (Å²) in [6.07, 6.45) is 0.268. The normalized spacial score (nSPS) is 10.2. The third-order valence-electron chi connectivity index (χ3n) is 3.39. The van der Waals surface area contributed by atoms with Crippen molar-refractivity contribution in [3.05, 3.63) is 90.5 Å². The van der Waals surface area contributed by atoms with Gasteiger partial charge >= 0.3 is 5.97 Å². The minimum absolute atomic E-state index is 0.255. The van der Waals surface area contributed by atoms with Crippen LogP contribution in [0.25, 0.3) is 11.1 Å². The maximum Gasteiger partial charge on any atom is 0.315 e. The van der Waals surface area contributed by atoms with Gasteiger partial charge in [-0.15, -0.1) is 0 Å². The molecule has 0 aliphatic carbocycles. The lowest BCUT2D eigenvalue weighted by Gasteiger charge is -2.10. The Morgan fingerprint density at radius 1 is 0.727 bits per heavy atom. The number of benzene rings is 3. The maximum absolute atomic E-state index is 12.1. The van der Waals surface area contributed by atoms with Crippen LogP contribution in [0.15, 0.2) is 84.9 Å².